The SMILES string of the molecule is COc1ccc(CC2CCCCCC(Cc3cc(OC)c(OC)c(OC)c3)C2=O)cc1. The van der Waals surface area contributed by atoms with Gasteiger partial charge in [0.2, 0.25) is 5.75 Å². The summed E-state index contributed by atoms with van der Waals surface area (Å²) in [6.45, 7) is 0. The smallest absolute Gasteiger partial charge is 0.203 e. The monoisotopic (exact) mass is 426 g/mol. The Morgan fingerprint density at radius 1 is 0.710 bits per heavy atom. The van der Waals surface area contributed by atoms with E-state index in [1.54, 1.807) is 28.4 Å². The molecule has 1 fully saturated rings. The molecule has 2 aromatic carbocycles. The molecule has 0 heterocycles. The Labute approximate surface area is 185 Å². The zero-order valence-electron chi connectivity index (χ0n) is 19.1. The molecule has 1 saturated carbocycles. The van der Waals surface area contributed by atoms with Crippen LogP contribution >= 0.6 is 0 Å². The van der Waals surface area contributed by atoms with E-state index in [-0.39, 0.29) is 11.8 Å². The molecule has 0 aromatic heterocycles. The highest BCUT2D eigenvalue weighted by Gasteiger charge is 2.29. The van der Waals surface area contributed by atoms with Gasteiger partial charge >= 0.3 is 0 Å². The van der Waals surface area contributed by atoms with Gasteiger partial charge in [-0.3, -0.25) is 4.79 Å². The van der Waals surface area contributed by atoms with Crippen molar-refractivity contribution in [3.8, 4) is 23.0 Å². The quantitative estimate of drug-likeness (QED) is 0.575. The lowest BCUT2D eigenvalue weighted by molar-refractivity contribution is -0.127. The molecule has 0 radical (unpaired) electrons. The molecule has 0 amide bonds. The number of hydrogen-bond acceptors (Lipinski definition) is 5. The van der Waals surface area contributed by atoms with Gasteiger partial charge in [-0.1, -0.05) is 31.4 Å². The highest BCUT2D eigenvalue weighted by molar-refractivity contribution is 5.84. The van der Waals surface area contributed by atoms with Crippen LogP contribution in [0.5, 0.6) is 23.0 Å². The summed E-state index contributed by atoms with van der Waals surface area (Å²) in [4.78, 5) is 13.6. The van der Waals surface area contributed by atoms with Gasteiger partial charge < -0.3 is 18.9 Å². The normalized spacial score (nSPS) is 19.3. The predicted molar refractivity (Wildman–Crippen MR) is 122 cm³/mol. The second kappa shape index (κ2) is 11.1. The molecule has 0 bridgehead atoms. The van der Waals surface area contributed by atoms with E-state index in [9.17, 15) is 4.79 Å². The number of hydrogen-bond donors (Lipinski definition) is 0. The molecule has 168 valence electrons. The molecule has 1 aliphatic rings. The number of ether oxygens (including phenoxy) is 4. The van der Waals surface area contributed by atoms with Crippen molar-refractivity contribution < 1.29 is 23.7 Å². The van der Waals surface area contributed by atoms with Gasteiger partial charge in [-0.25, -0.2) is 0 Å². The molecule has 2 unspecified atom stereocenters. The summed E-state index contributed by atoms with van der Waals surface area (Å²) in [6, 6.07) is 12.0. The largest absolute Gasteiger partial charge is 0.497 e. The number of Topliss-reactive ketones (excluding diaryl/α,β-unsaturated/α-hetero) is 1. The van der Waals surface area contributed by atoms with Crippen molar-refractivity contribution in [3.05, 3.63) is 47.5 Å². The first-order valence-corrected chi connectivity index (χ1v) is 11.0. The summed E-state index contributed by atoms with van der Waals surface area (Å²) in [5.41, 5.74) is 2.22. The number of methoxy groups -OCH3 is 4. The standard InChI is InChI=1S/C26H34O5/c1-28-22-12-10-18(11-13-22)14-20-8-6-5-7-9-21(25(20)27)15-19-16-23(29-2)26(31-4)24(17-19)30-3/h10-13,16-17,20-21H,5-9,14-15H2,1-4H3. The van der Waals surface area contributed by atoms with Gasteiger partial charge in [0.25, 0.3) is 0 Å². The predicted octanol–water partition coefficient (Wildman–Crippen LogP) is 5.27. The Bertz CT molecular complexity index is 834. The van der Waals surface area contributed by atoms with Crippen molar-refractivity contribution in [1.29, 1.82) is 0 Å². The fraction of sp³-hybridized carbons (Fsp3) is 0.500. The molecule has 3 rings (SSSR count). The zero-order valence-corrected chi connectivity index (χ0v) is 19.1. The Balaban J connectivity index is 1.79. The van der Waals surface area contributed by atoms with Crippen LogP contribution in [0.4, 0.5) is 0 Å². The van der Waals surface area contributed by atoms with E-state index in [4.69, 9.17) is 18.9 Å². The highest BCUT2D eigenvalue weighted by Crippen LogP contribution is 2.39. The average Bonchev–Trinajstić information content (AvgIpc) is 2.80. The van der Waals surface area contributed by atoms with Crippen LogP contribution in [0.3, 0.4) is 0 Å². The lowest BCUT2D eigenvalue weighted by Gasteiger charge is -2.26. The summed E-state index contributed by atoms with van der Waals surface area (Å²) >= 11 is 0. The highest BCUT2D eigenvalue weighted by atomic mass is 16.5. The van der Waals surface area contributed by atoms with Gasteiger partial charge in [0.05, 0.1) is 28.4 Å². The minimum Gasteiger partial charge on any atom is -0.497 e. The first-order chi connectivity index (χ1) is 15.1. The molecular weight excluding hydrogens is 392 g/mol. The van der Waals surface area contributed by atoms with Crippen molar-refractivity contribution >= 4 is 5.78 Å². The first-order valence-electron chi connectivity index (χ1n) is 11.0. The Kier molecular flexibility index (Phi) is 8.21. The van der Waals surface area contributed by atoms with Crippen LogP contribution in [-0.4, -0.2) is 34.2 Å². The molecule has 0 spiro atoms. The summed E-state index contributed by atoms with van der Waals surface area (Å²) in [7, 11) is 6.50. The van der Waals surface area contributed by atoms with Gasteiger partial charge in [0.1, 0.15) is 11.5 Å². The third-order valence-electron chi connectivity index (χ3n) is 6.26. The van der Waals surface area contributed by atoms with E-state index in [1.165, 1.54) is 12.0 Å². The summed E-state index contributed by atoms with van der Waals surface area (Å²) in [5, 5.41) is 0. The molecular formula is C26H34O5. The first kappa shape index (κ1) is 23.0. The van der Waals surface area contributed by atoms with Crippen LogP contribution in [0.1, 0.15) is 43.2 Å². The summed E-state index contributed by atoms with van der Waals surface area (Å²) < 4.78 is 21.7. The van der Waals surface area contributed by atoms with E-state index in [0.29, 0.717) is 29.5 Å². The van der Waals surface area contributed by atoms with Gasteiger partial charge in [0, 0.05) is 11.8 Å². The molecule has 5 heteroatoms. The van der Waals surface area contributed by atoms with Gasteiger partial charge in [-0.15, -0.1) is 0 Å². The average molecular weight is 427 g/mol. The Hall–Kier alpha value is -2.69. The van der Waals surface area contributed by atoms with E-state index < -0.39 is 0 Å². The van der Waals surface area contributed by atoms with Crippen molar-refractivity contribution in [2.24, 2.45) is 11.8 Å². The number of rotatable bonds is 8. The van der Waals surface area contributed by atoms with E-state index in [1.807, 2.05) is 24.3 Å². The van der Waals surface area contributed by atoms with Crippen molar-refractivity contribution in [1.82, 2.24) is 0 Å². The maximum Gasteiger partial charge on any atom is 0.203 e. The topological polar surface area (TPSA) is 54.0 Å². The van der Waals surface area contributed by atoms with Crippen LogP contribution in [0, 0.1) is 11.8 Å². The van der Waals surface area contributed by atoms with Crippen LogP contribution in [0.25, 0.3) is 0 Å². The molecule has 5 nitrogen and oxygen atoms in total. The minimum absolute atomic E-state index is 0.00588. The van der Waals surface area contributed by atoms with Crippen molar-refractivity contribution in [2.75, 3.05) is 28.4 Å². The Morgan fingerprint density at radius 2 is 1.26 bits per heavy atom. The van der Waals surface area contributed by atoms with Gasteiger partial charge in [-0.2, -0.15) is 0 Å². The minimum atomic E-state index is 0.00588. The molecule has 0 N–H and O–H groups in total. The van der Waals surface area contributed by atoms with Crippen molar-refractivity contribution in [2.45, 2.75) is 44.9 Å². The fourth-order valence-electron chi connectivity index (χ4n) is 4.57. The lowest BCUT2D eigenvalue weighted by Crippen LogP contribution is -2.28. The summed E-state index contributed by atoms with van der Waals surface area (Å²) in [5.74, 6) is 3.12. The van der Waals surface area contributed by atoms with Gasteiger partial charge in [0.15, 0.2) is 11.5 Å². The molecule has 0 saturated heterocycles. The van der Waals surface area contributed by atoms with Crippen LogP contribution in [0.2, 0.25) is 0 Å². The lowest BCUT2D eigenvalue weighted by atomic mass is 9.78. The molecule has 1 aliphatic carbocycles. The molecule has 0 aliphatic heterocycles. The second-order valence-electron chi connectivity index (χ2n) is 8.22. The maximum atomic E-state index is 13.6. The van der Waals surface area contributed by atoms with Gasteiger partial charge in [-0.05, 0) is 61.1 Å². The maximum absolute atomic E-state index is 13.6. The number of ketones is 1. The third-order valence-corrected chi connectivity index (χ3v) is 6.26. The number of carbonyl (C=O) groups excluding carboxylic acids is 1. The van der Waals surface area contributed by atoms with Crippen LogP contribution in [0.15, 0.2) is 36.4 Å². The number of carbonyl (C=O) groups is 1. The zero-order chi connectivity index (χ0) is 22.2. The van der Waals surface area contributed by atoms with Crippen LogP contribution < -0.4 is 18.9 Å². The summed E-state index contributed by atoms with van der Waals surface area (Å²) in [6.07, 6.45) is 6.74. The fourth-order valence-corrected chi connectivity index (χ4v) is 4.57. The number of benzene rings is 2. The van der Waals surface area contributed by atoms with E-state index >= 15 is 0 Å². The van der Waals surface area contributed by atoms with E-state index in [0.717, 1.165) is 43.4 Å². The van der Waals surface area contributed by atoms with Crippen molar-refractivity contribution in [3.63, 3.8) is 0 Å². The third kappa shape index (κ3) is 5.72. The molecule has 2 atom stereocenters. The van der Waals surface area contributed by atoms with E-state index in [2.05, 4.69) is 12.1 Å². The molecule has 31 heavy (non-hydrogen) atoms. The molecule has 2 aromatic rings. The van der Waals surface area contributed by atoms with Crippen LogP contribution in [-0.2, 0) is 17.6 Å². The second-order valence-corrected chi connectivity index (χ2v) is 8.22. The Morgan fingerprint density at radius 3 is 1.74 bits per heavy atom.